The molecule has 2 amide bonds. The van der Waals surface area contributed by atoms with Crippen LogP contribution < -0.4 is 4.74 Å². The fourth-order valence-corrected chi connectivity index (χ4v) is 6.08. The second-order valence-corrected chi connectivity index (χ2v) is 9.25. The van der Waals surface area contributed by atoms with Gasteiger partial charge in [0.25, 0.3) is 0 Å². The van der Waals surface area contributed by atoms with Gasteiger partial charge in [-0.25, -0.2) is 4.79 Å². The van der Waals surface area contributed by atoms with Crippen molar-refractivity contribution < 1.29 is 19.1 Å². The smallest absolute Gasteiger partial charge is 0.334 e. The first-order valence-electron chi connectivity index (χ1n) is 11.0. The molecule has 4 aliphatic rings. The maximum atomic E-state index is 13.7. The molecule has 1 aliphatic heterocycles. The van der Waals surface area contributed by atoms with Crippen molar-refractivity contribution in [1.82, 2.24) is 4.90 Å². The summed E-state index contributed by atoms with van der Waals surface area (Å²) in [5.41, 5.74) is 4.38. The molecule has 0 saturated carbocycles. The van der Waals surface area contributed by atoms with Crippen molar-refractivity contribution in [2.75, 3.05) is 0 Å². The number of benzene rings is 3. The van der Waals surface area contributed by atoms with Gasteiger partial charge in [-0.15, -0.1) is 0 Å². The van der Waals surface area contributed by atoms with Crippen molar-refractivity contribution >= 4 is 29.4 Å². The summed E-state index contributed by atoms with van der Waals surface area (Å²) in [6.07, 6.45) is 0. The Kier molecular flexibility index (Phi) is 4.46. The van der Waals surface area contributed by atoms with E-state index in [9.17, 15) is 14.4 Å². The van der Waals surface area contributed by atoms with Crippen LogP contribution in [0.3, 0.4) is 0 Å². The van der Waals surface area contributed by atoms with Crippen molar-refractivity contribution in [2.45, 2.75) is 24.8 Å². The van der Waals surface area contributed by atoms with Gasteiger partial charge < -0.3 is 4.74 Å². The number of carbonyl (C=O) groups is 3. The molecule has 2 bridgehead atoms. The predicted octanol–water partition coefficient (Wildman–Crippen LogP) is 4.53. The normalized spacial score (nSPS) is 25.3. The molecule has 0 spiro atoms. The first-order chi connectivity index (χ1) is 16.0. The largest absolute Gasteiger partial charge is 0.423 e. The zero-order valence-electron chi connectivity index (χ0n) is 17.8. The summed E-state index contributed by atoms with van der Waals surface area (Å²) >= 11 is 6.11. The topological polar surface area (TPSA) is 63.7 Å². The van der Waals surface area contributed by atoms with Crippen LogP contribution in [0.15, 0.2) is 72.8 Å². The third-order valence-corrected chi connectivity index (χ3v) is 7.57. The number of ether oxygens (including phenoxy) is 1. The summed E-state index contributed by atoms with van der Waals surface area (Å²) in [6.45, 7) is 1.54. The van der Waals surface area contributed by atoms with Gasteiger partial charge in [-0.05, 0) is 41.3 Å². The molecule has 1 heterocycles. The number of amides is 2. The molecule has 0 radical (unpaired) electrons. The Balaban J connectivity index is 1.39. The van der Waals surface area contributed by atoms with E-state index in [1.807, 2.05) is 24.3 Å². The summed E-state index contributed by atoms with van der Waals surface area (Å²) in [5.74, 6) is -2.58. The fraction of sp³-hybridized carbons (Fsp3) is 0.222. The molecular weight excluding hydrogens is 438 g/mol. The highest BCUT2D eigenvalue weighted by molar-refractivity contribution is 6.32. The van der Waals surface area contributed by atoms with E-state index in [0.29, 0.717) is 0 Å². The van der Waals surface area contributed by atoms with Gasteiger partial charge in [0.2, 0.25) is 11.8 Å². The molecule has 5 nitrogen and oxygen atoms in total. The van der Waals surface area contributed by atoms with Crippen LogP contribution in [-0.2, 0) is 14.4 Å². The van der Waals surface area contributed by atoms with E-state index in [1.54, 1.807) is 24.3 Å². The molecule has 7 rings (SSSR count). The molecule has 0 aromatic heterocycles. The number of halogens is 1. The average molecular weight is 458 g/mol. The van der Waals surface area contributed by atoms with Gasteiger partial charge in [0.1, 0.15) is 11.8 Å². The number of imide groups is 1. The van der Waals surface area contributed by atoms with Crippen molar-refractivity contribution in [3.05, 3.63) is 100 Å². The van der Waals surface area contributed by atoms with E-state index in [0.717, 1.165) is 27.2 Å². The molecule has 33 heavy (non-hydrogen) atoms. The summed E-state index contributed by atoms with van der Waals surface area (Å²) in [6, 6.07) is 21.7. The van der Waals surface area contributed by atoms with Gasteiger partial charge in [-0.3, -0.25) is 14.5 Å². The molecule has 0 N–H and O–H groups in total. The molecule has 1 fully saturated rings. The van der Waals surface area contributed by atoms with Crippen LogP contribution in [0.25, 0.3) is 0 Å². The van der Waals surface area contributed by atoms with Crippen LogP contribution in [0.4, 0.5) is 0 Å². The third-order valence-electron chi connectivity index (χ3n) is 7.26. The molecule has 6 heteroatoms. The van der Waals surface area contributed by atoms with Crippen molar-refractivity contribution in [3.63, 3.8) is 0 Å². The Hall–Kier alpha value is -3.44. The first kappa shape index (κ1) is 20.2. The molecule has 1 saturated heterocycles. The lowest BCUT2D eigenvalue weighted by Gasteiger charge is -2.45. The third kappa shape index (κ3) is 2.75. The number of hydrogen-bond acceptors (Lipinski definition) is 4. The number of carbonyl (C=O) groups excluding carboxylic acids is 3. The lowest BCUT2D eigenvalue weighted by atomic mass is 9.55. The minimum absolute atomic E-state index is 0.201. The summed E-state index contributed by atoms with van der Waals surface area (Å²) < 4.78 is 5.45. The highest BCUT2D eigenvalue weighted by Gasteiger charge is 2.62. The van der Waals surface area contributed by atoms with Gasteiger partial charge >= 0.3 is 5.97 Å². The van der Waals surface area contributed by atoms with Crippen LogP contribution in [0, 0.1) is 11.8 Å². The Bertz CT molecular complexity index is 1220. The molecule has 3 atom stereocenters. The molecule has 164 valence electrons. The predicted molar refractivity (Wildman–Crippen MR) is 122 cm³/mol. The van der Waals surface area contributed by atoms with E-state index >= 15 is 0 Å². The maximum Gasteiger partial charge on any atom is 0.334 e. The fourth-order valence-electron chi connectivity index (χ4n) is 5.91. The van der Waals surface area contributed by atoms with E-state index < -0.39 is 23.8 Å². The van der Waals surface area contributed by atoms with Gasteiger partial charge in [-0.1, -0.05) is 72.3 Å². The molecule has 3 aromatic rings. The van der Waals surface area contributed by atoms with Crippen LogP contribution in [0.2, 0.25) is 5.02 Å². The number of para-hydroxylation sites is 1. The summed E-state index contributed by atoms with van der Waals surface area (Å²) in [7, 11) is 0. The molecule has 0 unspecified atom stereocenters. The van der Waals surface area contributed by atoms with Crippen LogP contribution >= 0.6 is 11.6 Å². The zero-order chi connectivity index (χ0) is 22.9. The van der Waals surface area contributed by atoms with Crippen molar-refractivity contribution in [2.24, 2.45) is 11.8 Å². The minimum atomic E-state index is -1.06. The van der Waals surface area contributed by atoms with Gasteiger partial charge in [0, 0.05) is 11.8 Å². The van der Waals surface area contributed by atoms with E-state index in [4.69, 9.17) is 16.3 Å². The Morgan fingerprint density at radius 2 is 1.21 bits per heavy atom. The quantitative estimate of drug-likeness (QED) is 0.329. The Morgan fingerprint density at radius 3 is 1.67 bits per heavy atom. The number of esters is 1. The van der Waals surface area contributed by atoms with Crippen LogP contribution in [0.5, 0.6) is 5.75 Å². The summed E-state index contributed by atoms with van der Waals surface area (Å²) in [4.78, 5) is 41.4. The average Bonchev–Trinajstić information content (AvgIpc) is 3.10. The molecule has 3 aromatic carbocycles. The van der Waals surface area contributed by atoms with Crippen LogP contribution in [-0.4, -0.2) is 28.7 Å². The van der Waals surface area contributed by atoms with E-state index in [1.165, 1.54) is 6.92 Å². The van der Waals surface area contributed by atoms with Gasteiger partial charge in [0.05, 0.1) is 16.9 Å². The van der Waals surface area contributed by atoms with Crippen molar-refractivity contribution in [1.29, 1.82) is 0 Å². The lowest BCUT2D eigenvalue weighted by molar-refractivity contribution is -0.152. The molecular formula is C27H20ClNO4. The lowest BCUT2D eigenvalue weighted by Crippen LogP contribution is -2.45. The second kappa shape index (κ2) is 7.29. The monoisotopic (exact) mass is 457 g/mol. The second-order valence-electron chi connectivity index (χ2n) is 8.84. The Morgan fingerprint density at radius 1 is 0.788 bits per heavy atom. The highest BCUT2D eigenvalue weighted by atomic mass is 35.5. The Labute approximate surface area is 195 Å². The first-order valence-corrected chi connectivity index (χ1v) is 11.4. The van der Waals surface area contributed by atoms with E-state index in [2.05, 4.69) is 24.3 Å². The van der Waals surface area contributed by atoms with Gasteiger partial charge in [-0.2, -0.15) is 0 Å². The van der Waals surface area contributed by atoms with Gasteiger partial charge in [0.15, 0.2) is 0 Å². The summed E-state index contributed by atoms with van der Waals surface area (Å²) in [5, 5.41) is 0.287. The van der Waals surface area contributed by atoms with E-state index in [-0.39, 0.29) is 34.4 Å². The standard InChI is InChI=1S/C27H20ClNO4/c1-14(27(32)33-20-13-7-6-12-19(20)28)29-25(30)23-21-15-8-2-3-9-16(15)22(24(23)26(29)31)18-11-5-4-10-17(18)21/h2-14,21-24H,1H3/t14-,21?,22?,23-,24-/m1/s1. The number of rotatable bonds is 3. The highest BCUT2D eigenvalue weighted by Crippen LogP contribution is 2.61. The minimum Gasteiger partial charge on any atom is -0.423 e. The zero-order valence-corrected chi connectivity index (χ0v) is 18.5. The number of likely N-dealkylation sites (tertiary alicyclic amines) is 1. The van der Waals surface area contributed by atoms with Crippen molar-refractivity contribution in [3.8, 4) is 5.75 Å². The molecule has 3 aliphatic carbocycles. The maximum absolute atomic E-state index is 13.7. The van der Waals surface area contributed by atoms with Crippen LogP contribution in [0.1, 0.15) is 41.0 Å². The number of hydrogen-bond donors (Lipinski definition) is 0. The SMILES string of the molecule is C[C@H](C(=O)Oc1ccccc1Cl)N1C(=O)[C@@H]2C3c4ccccc4C(c4ccccc43)[C@H]2C1=O. The number of nitrogens with zero attached hydrogens (tertiary/aromatic N) is 1.